The number of hydrogen-bond acceptors (Lipinski definition) is 9. The van der Waals surface area contributed by atoms with Crippen molar-refractivity contribution in [3.05, 3.63) is 29.5 Å². The summed E-state index contributed by atoms with van der Waals surface area (Å²) in [5, 5.41) is 24.2. The number of fused-ring (bicyclic) bond motifs is 4. The summed E-state index contributed by atoms with van der Waals surface area (Å²) < 4.78 is 22.7. The number of nitrogens with one attached hydrogen (secondary N) is 1. The fourth-order valence-corrected chi connectivity index (χ4v) is 5.74. The summed E-state index contributed by atoms with van der Waals surface area (Å²) >= 11 is 2.15. The predicted molar refractivity (Wildman–Crippen MR) is 147 cm³/mol. The molecule has 2 unspecified atom stereocenters. The number of aliphatic hydroxyl groups is 1. The molecule has 0 radical (unpaired) electrons. The van der Waals surface area contributed by atoms with Gasteiger partial charge < -0.3 is 29.2 Å². The Morgan fingerprint density at radius 3 is 2.70 bits per heavy atom. The minimum absolute atomic E-state index is 0.184. The first kappa shape index (κ1) is 28.2. The molecule has 2 aliphatic heterocycles. The van der Waals surface area contributed by atoms with Crippen molar-refractivity contribution >= 4 is 45.6 Å². The van der Waals surface area contributed by atoms with Crippen LogP contribution in [0, 0.1) is 11.3 Å². The van der Waals surface area contributed by atoms with E-state index in [9.17, 15) is 15.2 Å². The number of carbonyl (C=O) groups is 1. The van der Waals surface area contributed by atoms with Crippen LogP contribution in [0.4, 0.5) is 4.79 Å². The Balaban J connectivity index is 1.49. The van der Waals surface area contributed by atoms with Gasteiger partial charge in [-0.15, -0.1) is 0 Å². The van der Waals surface area contributed by atoms with E-state index in [4.69, 9.17) is 18.7 Å². The largest absolute Gasteiger partial charge is 0.475 e. The molecule has 1 amide bonds. The SMILES string of the molecule is CC(C)(C)OC(=O)NC12CCC(C(O)Cc3c(C#N)cnc4ccc(OCCOPI)nc34)(CC1)OC2. The standard InChI is InChI=1S/C25H32IN4O6P/c1-23(2,3)36-22(32)30-24-6-8-25(9-7-24,34-15-24)19(31)12-17-16(13-27)14-28-18-4-5-20(29-21(17)18)33-10-11-35-37-26/h4-5,14,19,31,37H,6-12,15H2,1-3H3,(H,30,32). The van der Waals surface area contributed by atoms with Gasteiger partial charge >= 0.3 is 6.09 Å². The molecule has 2 aromatic heterocycles. The summed E-state index contributed by atoms with van der Waals surface area (Å²) in [5.41, 5.74) is 0.267. The van der Waals surface area contributed by atoms with Crippen LogP contribution in [-0.2, 0) is 20.4 Å². The summed E-state index contributed by atoms with van der Waals surface area (Å²) in [5.74, 6) is 0.406. The van der Waals surface area contributed by atoms with E-state index in [0.717, 1.165) is 0 Å². The van der Waals surface area contributed by atoms with Gasteiger partial charge in [-0.1, -0.05) is 0 Å². The number of alkyl carbamates (subject to hydrolysis) is 1. The zero-order valence-electron chi connectivity index (χ0n) is 21.2. The third-order valence-electron chi connectivity index (χ3n) is 6.86. The Hall–Kier alpha value is -1.84. The maximum Gasteiger partial charge on any atom is 0.408 e. The van der Waals surface area contributed by atoms with Crippen LogP contribution < -0.4 is 10.1 Å². The van der Waals surface area contributed by atoms with E-state index in [1.165, 1.54) is 6.20 Å². The van der Waals surface area contributed by atoms with Crippen LogP contribution in [0.5, 0.6) is 5.88 Å². The molecule has 4 heterocycles. The normalized spacial score (nSPS) is 24.2. The van der Waals surface area contributed by atoms with Crippen molar-refractivity contribution in [1.29, 1.82) is 5.26 Å². The van der Waals surface area contributed by atoms with Gasteiger partial charge in [-0.2, -0.15) is 5.26 Å². The van der Waals surface area contributed by atoms with Crippen molar-refractivity contribution < 1.29 is 28.6 Å². The Bertz CT molecular complexity index is 1160. The van der Waals surface area contributed by atoms with E-state index in [-0.39, 0.29) is 6.42 Å². The number of hydrogen-bond donors (Lipinski definition) is 2. The molecule has 1 aliphatic carbocycles. The first-order valence-electron chi connectivity index (χ1n) is 12.2. The molecule has 37 heavy (non-hydrogen) atoms. The Morgan fingerprint density at radius 2 is 2.08 bits per heavy atom. The van der Waals surface area contributed by atoms with Crippen LogP contribution in [0.2, 0.25) is 0 Å². The summed E-state index contributed by atoms with van der Waals surface area (Å²) in [6, 6.07) is 5.71. The summed E-state index contributed by atoms with van der Waals surface area (Å²) in [6.07, 6.45) is 2.86. The molecule has 0 aromatic carbocycles. The number of aromatic nitrogens is 2. The molecular weight excluding hydrogens is 610 g/mol. The number of ether oxygens (including phenoxy) is 3. The lowest BCUT2D eigenvalue weighted by Crippen LogP contribution is -2.66. The average molecular weight is 642 g/mol. The zero-order chi connectivity index (χ0) is 26.7. The highest BCUT2D eigenvalue weighted by Crippen LogP contribution is 2.46. The molecule has 12 heteroatoms. The predicted octanol–water partition coefficient (Wildman–Crippen LogP) is 4.35. The molecule has 10 nitrogen and oxygen atoms in total. The van der Waals surface area contributed by atoms with Crippen molar-refractivity contribution in [2.75, 3.05) is 19.8 Å². The Labute approximate surface area is 231 Å². The minimum Gasteiger partial charge on any atom is -0.475 e. The Kier molecular flexibility index (Phi) is 8.75. The van der Waals surface area contributed by atoms with Crippen LogP contribution >= 0.6 is 28.5 Å². The van der Waals surface area contributed by atoms with Gasteiger partial charge in [-0.3, -0.25) is 4.98 Å². The van der Waals surface area contributed by atoms with Gasteiger partial charge in [0, 0.05) is 24.2 Å². The molecule has 5 rings (SSSR count). The molecule has 1 saturated carbocycles. The van der Waals surface area contributed by atoms with E-state index in [0.29, 0.717) is 80.0 Å². The molecule has 2 saturated heterocycles. The topological polar surface area (TPSA) is 136 Å². The van der Waals surface area contributed by atoms with Crippen LogP contribution in [-0.4, -0.2) is 63.8 Å². The Morgan fingerprint density at radius 1 is 1.32 bits per heavy atom. The van der Waals surface area contributed by atoms with Crippen molar-refractivity contribution in [1.82, 2.24) is 15.3 Å². The third kappa shape index (κ3) is 6.60. The van der Waals surface area contributed by atoms with Gasteiger partial charge in [0.2, 0.25) is 5.88 Å². The van der Waals surface area contributed by atoms with Gasteiger partial charge in [-0.05, 0) is 74.6 Å². The molecule has 3 fully saturated rings. The van der Waals surface area contributed by atoms with Crippen LogP contribution in [0.3, 0.4) is 0 Å². The van der Waals surface area contributed by atoms with Gasteiger partial charge in [-0.25, -0.2) is 9.78 Å². The fraction of sp³-hybridized carbons (Fsp3) is 0.600. The lowest BCUT2D eigenvalue weighted by molar-refractivity contribution is -0.206. The quantitative estimate of drug-likeness (QED) is 0.233. The zero-order valence-corrected chi connectivity index (χ0v) is 24.3. The number of pyridine rings is 2. The average Bonchev–Trinajstić information content (AvgIpc) is 2.86. The molecule has 3 aliphatic rings. The monoisotopic (exact) mass is 642 g/mol. The van der Waals surface area contributed by atoms with Crippen molar-refractivity contribution in [3.63, 3.8) is 0 Å². The number of carbonyl (C=O) groups excluding carboxylic acids is 1. The van der Waals surface area contributed by atoms with E-state index in [1.807, 2.05) is 20.8 Å². The summed E-state index contributed by atoms with van der Waals surface area (Å²) in [4.78, 5) is 21.4. The molecule has 2 atom stereocenters. The first-order chi connectivity index (χ1) is 17.6. The summed E-state index contributed by atoms with van der Waals surface area (Å²) in [6.45, 7) is 6.93. The van der Waals surface area contributed by atoms with Gasteiger partial charge in [0.1, 0.15) is 18.3 Å². The highest BCUT2D eigenvalue weighted by atomic mass is 127. The highest BCUT2D eigenvalue weighted by molar-refractivity contribution is 14.2. The maximum atomic E-state index is 12.4. The van der Waals surface area contributed by atoms with E-state index < -0.39 is 28.9 Å². The second kappa shape index (κ2) is 11.5. The lowest BCUT2D eigenvalue weighted by Gasteiger charge is -2.54. The minimum atomic E-state index is -0.866. The van der Waals surface area contributed by atoms with Crippen LogP contribution in [0.15, 0.2) is 18.3 Å². The molecular formula is C25H32IN4O6P. The van der Waals surface area contributed by atoms with Crippen LogP contribution in [0.25, 0.3) is 11.0 Å². The molecule has 200 valence electrons. The highest BCUT2D eigenvalue weighted by Gasteiger charge is 2.54. The molecule has 2 bridgehead atoms. The second-order valence-corrected chi connectivity index (χ2v) is 12.3. The molecule has 2 aromatic rings. The number of nitriles is 1. The number of aliphatic hydroxyl groups excluding tert-OH is 1. The fourth-order valence-electron chi connectivity index (χ4n) is 4.92. The van der Waals surface area contributed by atoms with Gasteiger partial charge in [0.25, 0.3) is 0 Å². The van der Waals surface area contributed by atoms with Crippen molar-refractivity contribution in [2.45, 2.75) is 75.7 Å². The molecule has 0 spiro atoms. The van der Waals surface area contributed by atoms with Crippen molar-refractivity contribution in [2.24, 2.45) is 0 Å². The van der Waals surface area contributed by atoms with E-state index in [2.05, 4.69) is 43.4 Å². The smallest absolute Gasteiger partial charge is 0.408 e. The number of rotatable bonds is 9. The van der Waals surface area contributed by atoms with Crippen LogP contribution in [0.1, 0.15) is 57.6 Å². The summed E-state index contributed by atoms with van der Waals surface area (Å²) in [7, 11) is 0. The second-order valence-electron chi connectivity index (χ2n) is 10.5. The van der Waals surface area contributed by atoms with E-state index in [1.54, 1.807) is 12.1 Å². The van der Waals surface area contributed by atoms with Gasteiger partial charge in [0.15, 0.2) is 0 Å². The van der Waals surface area contributed by atoms with E-state index >= 15 is 0 Å². The number of halogens is 1. The van der Waals surface area contributed by atoms with Crippen molar-refractivity contribution in [3.8, 4) is 11.9 Å². The van der Waals surface area contributed by atoms with Gasteiger partial charge in [0.05, 0.1) is 53.5 Å². The first-order valence-corrected chi connectivity index (χ1v) is 16.2. The third-order valence-corrected chi connectivity index (χ3v) is 8.11. The maximum absolute atomic E-state index is 12.4. The number of nitrogens with zero attached hydrogens (tertiary/aromatic N) is 3. The number of amides is 1. The lowest BCUT2D eigenvalue weighted by atomic mass is 9.68. The molecule has 2 N–H and O–H groups in total.